The molecule has 2 heterocycles. The molecule has 0 aliphatic carbocycles. The third-order valence-corrected chi connectivity index (χ3v) is 4.95. The van der Waals surface area contributed by atoms with E-state index in [2.05, 4.69) is 51.6 Å². The highest BCUT2D eigenvalue weighted by atomic mass is 35.5. The summed E-state index contributed by atoms with van der Waals surface area (Å²) in [7, 11) is 0. The summed E-state index contributed by atoms with van der Waals surface area (Å²) in [5, 5.41) is 11.7. The van der Waals surface area contributed by atoms with Crippen molar-refractivity contribution in [3.8, 4) is 5.69 Å². The summed E-state index contributed by atoms with van der Waals surface area (Å²) in [5.41, 5.74) is 3.55. The molecule has 0 spiro atoms. The summed E-state index contributed by atoms with van der Waals surface area (Å²) >= 11 is 6.14. The molecule has 138 valence electrons. The fourth-order valence-electron chi connectivity index (χ4n) is 3.31. The molecule has 0 N–H and O–H groups in total. The summed E-state index contributed by atoms with van der Waals surface area (Å²) in [4.78, 5) is 17.3. The number of carbonyl (C=O) groups excluding carboxylic acids is 1. The molecule has 1 aliphatic heterocycles. The average Bonchev–Trinajstić information content (AvgIpc) is 3.22. The first kappa shape index (κ1) is 17.5. The van der Waals surface area contributed by atoms with Crippen LogP contribution in [0.1, 0.15) is 15.9 Å². The molecule has 0 radical (unpaired) electrons. The van der Waals surface area contributed by atoms with Gasteiger partial charge in [-0.2, -0.15) is 4.68 Å². The second-order valence-corrected chi connectivity index (χ2v) is 6.97. The quantitative estimate of drug-likeness (QED) is 0.696. The predicted molar refractivity (Wildman–Crippen MR) is 103 cm³/mol. The van der Waals surface area contributed by atoms with Crippen LogP contribution in [0.2, 0.25) is 5.02 Å². The van der Waals surface area contributed by atoms with Gasteiger partial charge >= 0.3 is 0 Å². The first-order chi connectivity index (χ1) is 13.1. The second-order valence-electron chi connectivity index (χ2n) is 6.53. The topological polar surface area (TPSA) is 67.2 Å². The SMILES string of the molecule is Cc1cccc(N2CCN(C(=O)c3cc(Cl)ccc3-n3cnnn3)CC2)c1. The number of benzene rings is 2. The van der Waals surface area contributed by atoms with Gasteiger partial charge in [0.2, 0.25) is 0 Å². The lowest BCUT2D eigenvalue weighted by atomic mass is 10.1. The molecule has 3 aromatic rings. The van der Waals surface area contributed by atoms with Crippen LogP contribution in [0.15, 0.2) is 48.8 Å². The van der Waals surface area contributed by atoms with Crippen LogP contribution in [0.5, 0.6) is 0 Å². The number of hydrogen-bond donors (Lipinski definition) is 0. The van der Waals surface area contributed by atoms with Crippen molar-refractivity contribution in [2.45, 2.75) is 6.92 Å². The van der Waals surface area contributed by atoms with Gasteiger partial charge in [0, 0.05) is 36.9 Å². The number of halogens is 1. The molecule has 0 unspecified atom stereocenters. The number of aryl methyl sites for hydroxylation is 1. The van der Waals surface area contributed by atoms with Gasteiger partial charge in [-0.15, -0.1) is 5.10 Å². The van der Waals surface area contributed by atoms with E-state index < -0.39 is 0 Å². The maximum Gasteiger partial charge on any atom is 0.256 e. The number of aromatic nitrogens is 4. The Morgan fingerprint density at radius 1 is 1.07 bits per heavy atom. The summed E-state index contributed by atoms with van der Waals surface area (Å²) < 4.78 is 1.48. The Morgan fingerprint density at radius 3 is 2.59 bits per heavy atom. The Kier molecular flexibility index (Phi) is 4.77. The van der Waals surface area contributed by atoms with Crippen LogP contribution in [-0.4, -0.2) is 57.2 Å². The standard InChI is InChI=1S/C19H19ClN6O/c1-14-3-2-4-16(11-14)24-7-9-25(10-8-24)19(27)17-12-15(20)5-6-18(17)26-13-21-22-23-26/h2-6,11-13H,7-10H2,1H3. The van der Waals surface area contributed by atoms with Crippen molar-refractivity contribution in [3.05, 3.63) is 64.9 Å². The van der Waals surface area contributed by atoms with Gasteiger partial charge in [-0.05, 0) is 53.2 Å². The fourth-order valence-corrected chi connectivity index (χ4v) is 3.49. The molecule has 7 nitrogen and oxygen atoms in total. The maximum absolute atomic E-state index is 13.1. The van der Waals surface area contributed by atoms with Crippen molar-refractivity contribution in [2.75, 3.05) is 31.1 Å². The summed E-state index contributed by atoms with van der Waals surface area (Å²) in [6, 6.07) is 13.6. The number of nitrogens with zero attached hydrogens (tertiary/aromatic N) is 6. The lowest BCUT2D eigenvalue weighted by molar-refractivity contribution is 0.0746. The highest BCUT2D eigenvalue weighted by Gasteiger charge is 2.25. The highest BCUT2D eigenvalue weighted by Crippen LogP contribution is 2.23. The normalized spacial score (nSPS) is 14.4. The van der Waals surface area contributed by atoms with E-state index in [9.17, 15) is 4.79 Å². The van der Waals surface area contributed by atoms with E-state index in [1.165, 1.54) is 22.3 Å². The number of hydrogen-bond acceptors (Lipinski definition) is 5. The maximum atomic E-state index is 13.1. The van der Waals surface area contributed by atoms with E-state index >= 15 is 0 Å². The summed E-state index contributed by atoms with van der Waals surface area (Å²) in [6.45, 7) is 4.96. The molecule has 1 fully saturated rings. The fraction of sp³-hybridized carbons (Fsp3) is 0.263. The lowest BCUT2D eigenvalue weighted by Gasteiger charge is -2.36. The molecular formula is C19H19ClN6O. The van der Waals surface area contributed by atoms with Crippen LogP contribution in [0.3, 0.4) is 0 Å². The van der Waals surface area contributed by atoms with Gasteiger partial charge in [-0.3, -0.25) is 4.79 Å². The van der Waals surface area contributed by atoms with Crippen molar-refractivity contribution < 1.29 is 4.79 Å². The van der Waals surface area contributed by atoms with Gasteiger partial charge < -0.3 is 9.80 Å². The zero-order valence-corrected chi connectivity index (χ0v) is 15.7. The Bertz CT molecular complexity index is 951. The van der Waals surface area contributed by atoms with Gasteiger partial charge in [-0.25, -0.2) is 0 Å². The smallest absolute Gasteiger partial charge is 0.256 e. The zero-order chi connectivity index (χ0) is 18.8. The Morgan fingerprint density at radius 2 is 1.89 bits per heavy atom. The van der Waals surface area contributed by atoms with Gasteiger partial charge in [-0.1, -0.05) is 23.7 Å². The van der Waals surface area contributed by atoms with E-state index in [1.54, 1.807) is 18.2 Å². The van der Waals surface area contributed by atoms with E-state index in [4.69, 9.17) is 11.6 Å². The van der Waals surface area contributed by atoms with Gasteiger partial charge in [0.15, 0.2) is 0 Å². The van der Waals surface area contributed by atoms with E-state index in [0.717, 1.165) is 13.1 Å². The minimum atomic E-state index is -0.0631. The zero-order valence-electron chi connectivity index (χ0n) is 14.9. The van der Waals surface area contributed by atoms with Crippen LogP contribution in [0.25, 0.3) is 5.69 Å². The molecule has 1 aromatic heterocycles. The molecule has 4 rings (SSSR count). The number of rotatable bonds is 3. The van der Waals surface area contributed by atoms with Crippen molar-refractivity contribution >= 4 is 23.2 Å². The van der Waals surface area contributed by atoms with E-state index in [1.807, 2.05) is 4.90 Å². The van der Waals surface area contributed by atoms with Crippen molar-refractivity contribution in [2.24, 2.45) is 0 Å². The number of tetrazole rings is 1. The van der Waals surface area contributed by atoms with Crippen LogP contribution in [0, 0.1) is 6.92 Å². The number of amides is 1. The summed E-state index contributed by atoms with van der Waals surface area (Å²) in [5.74, 6) is -0.0631. The Balaban J connectivity index is 1.53. The molecule has 0 bridgehead atoms. The molecule has 8 heteroatoms. The summed E-state index contributed by atoms with van der Waals surface area (Å²) in [6.07, 6.45) is 1.47. The van der Waals surface area contributed by atoms with Crippen LogP contribution >= 0.6 is 11.6 Å². The molecule has 1 saturated heterocycles. The molecule has 0 saturated carbocycles. The third-order valence-electron chi connectivity index (χ3n) is 4.72. The number of carbonyl (C=O) groups is 1. The molecule has 27 heavy (non-hydrogen) atoms. The Hall–Kier alpha value is -2.93. The van der Waals surface area contributed by atoms with Crippen LogP contribution in [0.4, 0.5) is 5.69 Å². The average molecular weight is 383 g/mol. The first-order valence-corrected chi connectivity index (χ1v) is 9.13. The lowest BCUT2D eigenvalue weighted by Crippen LogP contribution is -2.49. The molecule has 1 aliphatic rings. The third kappa shape index (κ3) is 3.64. The van der Waals surface area contributed by atoms with Crippen molar-refractivity contribution in [3.63, 3.8) is 0 Å². The van der Waals surface area contributed by atoms with E-state index in [-0.39, 0.29) is 5.91 Å². The number of anilines is 1. The van der Waals surface area contributed by atoms with Gasteiger partial charge in [0.1, 0.15) is 6.33 Å². The molecule has 1 amide bonds. The number of piperazine rings is 1. The minimum absolute atomic E-state index is 0.0631. The Labute approximate surface area is 162 Å². The monoisotopic (exact) mass is 382 g/mol. The highest BCUT2D eigenvalue weighted by molar-refractivity contribution is 6.31. The molecule has 2 aromatic carbocycles. The largest absolute Gasteiger partial charge is 0.368 e. The second kappa shape index (κ2) is 7.36. The van der Waals surface area contributed by atoms with Gasteiger partial charge in [0.05, 0.1) is 11.3 Å². The van der Waals surface area contributed by atoms with Crippen LogP contribution < -0.4 is 4.90 Å². The minimum Gasteiger partial charge on any atom is -0.368 e. The van der Waals surface area contributed by atoms with Gasteiger partial charge in [0.25, 0.3) is 5.91 Å². The predicted octanol–water partition coefficient (Wildman–Crippen LogP) is 2.59. The van der Waals surface area contributed by atoms with Crippen molar-refractivity contribution in [1.29, 1.82) is 0 Å². The molecule has 0 atom stereocenters. The van der Waals surface area contributed by atoms with Crippen LogP contribution in [-0.2, 0) is 0 Å². The molecular weight excluding hydrogens is 364 g/mol. The van der Waals surface area contributed by atoms with E-state index in [0.29, 0.717) is 29.4 Å². The first-order valence-electron chi connectivity index (χ1n) is 8.75. The van der Waals surface area contributed by atoms with Crippen molar-refractivity contribution in [1.82, 2.24) is 25.1 Å².